The van der Waals surface area contributed by atoms with Crippen LogP contribution in [0, 0.1) is 5.92 Å². The molecule has 4 rings (SSSR count). The molecular formula is C19H27N7O. The largest absolute Gasteiger partial charge is 0.396 e. The smallest absolute Gasteiger partial charge is 0.174 e. The predicted molar refractivity (Wildman–Crippen MR) is 103 cm³/mol. The number of nitrogens with two attached hydrogens (primary N) is 1. The summed E-state index contributed by atoms with van der Waals surface area (Å²) in [6.45, 7) is 2.36. The van der Waals surface area contributed by atoms with Crippen LogP contribution in [0.5, 0.6) is 0 Å². The number of aromatic amines is 1. The molecule has 1 saturated carbocycles. The van der Waals surface area contributed by atoms with E-state index in [2.05, 4.69) is 31.7 Å². The molecule has 3 heterocycles. The van der Waals surface area contributed by atoms with E-state index in [1.165, 1.54) is 6.33 Å². The Bertz CT molecular complexity index is 889. The SMILES string of the molecule is CC(CCO)Cc1nc2cnc(-c3ncn[nH]3)cc2n1[C@@H]1CCC[C@H](N)C1. The van der Waals surface area contributed by atoms with E-state index in [1.807, 2.05) is 12.3 Å². The Morgan fingerprint density at radius 3 is 3.00 bits per heavy atom. The number of pyridine rings is 1. The zero-order valence-corrected chi connectivity index (χ0v) is 15.7. The van der Waals surface area contributed by atoms with Crippen LogP contribution < -0.4 is 5.73 Å². The number of nitrogens with zero attached hydrogens (tertiary/aromatic N) is 5. The Labute approximate surface area is 158 Å². The molecule has 144 valence electrons. The van der Waals surface area contributed by atoms with Gasteiger partial charge in [-0.1, -0.05) is 6.92 Å². The van der Waals surface area contributed by atoms with Gasteiger partial charge in [-0.05, 0) is 44.1 Å². The van der Waals surface area contributed by atoms with Crippen LogP contribution in [-0.4, -0.2) is 47.5 Å². The number of hydrogen-bond acceptors (Lipinski definition) is 6. The Balaban J connectivity index is 1.79. The monoisotopic (exact) mass is 369 g/mol. The van der Waals surface area contributed by atoms with E-state index in [-0.39, 0.29) is 12.6 Å². The van der Waals surface area contributed by atoms with Gasteiger partial charge in [0.25, 0.3) is 0 Å². The summed E-state index contributed by atoms with van der Waals surface area (Å²) < 4.78 is 2.36. The fourth-order valence-corrected chi connectivity index (χ4v) is 4.13. The van der Waals surface area contributed by atoms with Crippen LogP contribution in [0.2, 0.25) is 0 Å². The van der Waals surface area contributed by atoms with E-state index >= 15 is 0 Å². The normalized spacial score (nSPS) is 21.6. The summed E-state index contributed by atoms with van der Waals surface area (Å²) in [5.74, 6) is 2.08. The highest BCUT2D eigenvalue weighted by molar-refractivity contribution is 5.79. The molecule has 4 N–H and O–H groups in total. The highest BCUT2D eigenvalue weighted by Gasteiger charge is 2.26. The van der Waals surface area contributed by atoms with Crippen molar-refractivity contribution in [3.05, 3.63) is 24.4 Å². The van der Waals surface area contributed by atoms with Crippen LogP contribution in [0.4, 0.5) is 0 Å². The molecule has 0 radical (unpaired) electrons. The minimum atomic E-state index is 0.201. The van der Waals surface area contributed by atoms with Crippen LogP contribution in [0.1, 0.15) is 50.9 Å². The van der Waals surface area contributed by atoms with E-state index in [0.717, 1.165) is 61.1 Å². The van der Waals surface area contributed by atoms with Crippen LogP contribution in [0.3, 0.4) is 0 Å². The second-order valence-electron chi connectivity index (χ2n) is 7.69. The van der Waals surface area contributed by atoms with Gasteiger partial charge < -0.3 is 15.4 Å². The zero-order chi connectivity index (χ0) is 18.8. The summed E-state index contributed by atoms with van der Waals surface area (Å²) in [6, 6.07) is 2.63. The van der Waals surface area contributed by atoms with E-state index in [1.54, 1.807) is 0 Å². The number of H-pyrrole nitrogens is 1. The van der Waals surface area contributed by atoms with Gasteiger partial charge in [0.2, 0.25) is 0 Å². The first kappa shape index (κ1) is 18.1. The minimum absolute atomic E-state index is 0.201. The van der Waals surface area contributed by atoms with Crippen molar-refractivity contribution in [1.29, 1.82) is 0 Å². The number of aromatic nitrogens is 6. The Kier molecular flexibility index (Phi) is 5.18. The molecule has 1 unspecified atom stereocenters. The summed E-state index contributed by atoms with van der Waals surface area (Å²) >= 11 is 0. The molecule has 0 aromatic carbocycles. The lowest BCUT2D eigenvalue weighted by Crippen LogP contribution is -2.30. The molecule has 1 fully saturated rings. The molecule has 0 bridgehead atoms. The summed E-state index contributed by atoms with van der Waals surface area (Å²) in [6.07, 6.45) is 9.20. The maximum Gasteiger partial charge on any atom is 0.174 e. The number of aliphatic hydroxyl groups is 1. The van der Waals surface area contributed by atoms with Crippen molar-refractivity contribution in [3.63, 3.8) is 0 Å². The number of aliphatic hydroxyl groups excluding tert-OH is 1. The third-order valence-corrected chi connectivity index (χ3v) is 5.51. The summed E-state index contributed by atoms with van der Waals surface area (Å²) in [5, 5.41) is 16.1. The maximum absolute atomic E-state index is 9.28. The van der Waals surface area contributed by atoms with Crippen LogP contribution in [0.25, 0.3) is 22.6 Å². The van der Waals surface area contributed by atoms with E-state index < -0.39 is 0 Å². The molecule has 1 aliphatic carbocycles. The third-order valence-electron chi connectivity index (χ3n) is 5.51. The van der Waals surface area contributed by atoms with Crippen LogP contribution in [0.15, 0.2) is 18.6 Å². The van der Waals surface area contributed by atoms with Crippen LogP contribution >= 0.6 is 0 Å². The van der Waals surface area contributed by atoms with Gasteiger partial charge in [0.15, 0.2) is 5.82 Å². The fraction of sp³-hybridized carbons (Fsp3) is 0.579. The van der Waals surface area contributed by atoms with E-state index in [0.29, 0.717) is 17.8 Å². The van der Waals surface area contributed by atoms with Gasteiger partial charge in [0, 0.05) is 25.1 Å². The lowest BCUT2D eigenvalue weighted by atomic mass is 9.91. The first-order valence-corrected chi connectivity index (χ1v) is 9.74. The molecule has 27 heavy (non-hydrogen) atoms. The fourth-order valence-electron chi connectivity index (χ4n) is 4.13. The highest BCUT2D eigenvalue weighted by atomic mass is 16.3. The minimum Gasteiger partial charge on any atom is -0.396 e. The number of fused-ring (bicyclic) bond motifs is 1. The average molecular weight is 369 g/mol. The molecule has 0 amide bonds. The molecular weight excluding hydrogens is 342 g/mol. The van der Waals surface area contributed by atoms with Crippen LogP contribution in [-0.2, 0) is 6.42 Å². The van der Waals surface area contributed by atoms with E-state index in [9.17, 15) is 5.11 Å². The number of nitrogens with one attached hydrogen (secondary N) is 1. The Morgan fingerprint density at radius 2 is 2.26 bits per heavy atom. The summed E-state index contributed by atoms with van der Waals surface area (Å²) in [4.78, 5) is 13.6. The van der Waals surface area contributed by atoms with Gasteiger partial charge in [-0.3, -0.25) is 10.1 Å². The lowest BCUT2D eigenvalue weighted by Gasteiger charge is -2.30. The van der Waals surface area contributed by atoms with Crippen molar-refractivity contribution in [2.75, 3.05) is 6.61 Å². The Hall–Kier alpha value is -2.32. The molecule has 0 saturated heterocycles. The van der Waals surface area contributed by atoms with Crippen molar-refractivity contribution in [2.45, 2.75) is 57.5 Å². The van der Waals surface area contributed by atoms with Gasteiger partial charge in [0.1, 0.15) is 23.4 Å². The number of imidazole rings is 1. The zero-order valence-electron chi connectivity index (χ0n) is 15.7. The van der Waals surface area contributed by atoms with Crippen molar-refractivity contribution in [2.24, 2.45) is 11.7 Å². The molecule has 0 aliphatic heterocycles. The summed E-state index contributed by atoms with van der Waals surface area (Å²) in [5.41, 5.74) is 9.00. The van der Waals surface area contributed by atoms with Crippen molar-refractivity contribution < 1.29 is 5.11 Å². The van der Waals surface area contributed by atoms with Gasteiger partial charge in [-0.25, -0.2) is 9.97 Å². The standard InChI is InChI=1S/C19H27N7O/c1-12(5-6-27)7-18-24-16-10-21-15(19-22-11-23-25-19)9-17(16)26(18)14-4-2-3-13(20)8-14/h9-14,27H,2-8,20H2,1H3,(H,22,23,25)/t12?,13-,14+/m0/s1. The molecule has 8 nitrogen and oxygen atoms in total. The molecule has 8 heteroatoms. The second-order valence-corrected chi connectivity index (χ2v) is 7.69. The number of rotatable bonds is 6. The van der Waals surface area contributed by atoms with Gasteiger partial charge >= 0.3 is 0 Å². The second kappa shape index (κ2) is 7.74. The molecule has 0 spiro atoms. The van der Waals surface area contributed by atoms with E-state index in [4.69, 9.17) is 10.7 Å². The van der Waals surface area contributed by atoms with Gasteiger partial charge in [-0.2, -0.15) is 5.10 Å². The van der Waals surface area contributed by atoms with Gasteiger partial charge in [-0.15, -0.1) is 0 Å². The molecule has 1 aliphatic rings. The van der Waals surface area contributed by atoms with Gasteiger partial charge in [0.05, 0.1) is 11.7 Å². The topological polar surface area (TPSA) is 119 Å². The van der Waals surface area contributed by atoms with Crippen molar-refractivity contribution >= 4 is 11.0 Å². The first-order chi connectivity index (χ1) is 13.2. The third kappa shape index (κ3) is 3.72. The Morgan fingerprint density at radius 1 is 1.37 bits per heavy atom. The van der Waals surface area contributed by atoms with Crippen molar-refractivity contribution in [3.8, 4) is 11.5 Å². The quantitative estimate of drug-likeness (QED) is 0.613. The molecule has 3 aromatic rings. The first-order valence-electron chi connectivity index (χ1n) is 9.74. The molecule has 3 aromatic heterocycles. The summed E-state index contributed by atoms with van der Waals surface area (Å²) in [7, 11) is 0. The van der Waals surface area contributed by atoms with Crippen molar-refractivity contribution in [1.82, 2.24) is 29.7 Å². The predicted octanol–water partition coefficient (Wildman–Crippen LogP) is 2.22. The lowest BCUT2D eigenvalue weighted by molar-refractivity contribution is 0.258. The average Bonchev–Trinajstić information content (AvgIpc) is 3.29. The highest BCUT2D eigenvalue weighted by Crippen LogP contribution is 2.33. The molecule has 3 atom stereocenters. The number of hydrogen-bond donors (Lipinski definition) is 3. The maximum atomic E-state index is 9.28.